The number of nitrogens with zero attached hydrogens (tertiary/aromatic N) is 4. The molecule has 2 aromatic heterocycles. The first kappa shape index (κ1) is 9.59. The monoisotopic (exact) mass is 226 g/mol. The van der Waals surface area contributed by atoms with E-state index in [1.807, 2.05) is 34.9 Å². The summed E-state index contributed by atoms with van der Waals surface area (Å²) in [6, 6.07) is 11.6. The van der Waals surface area contributed by atoms with Gasteiger partial charge >= 0.3 is 0 Å². The summed E-state index contributed by atoms with van der Waals surface area (Å²) in [6.07, 6.45) is 1.65. The Hall–Kier alpha value is -2.63. The molecule has 0 aliphatic heterocycles. The second-order valence-corrected chi connectivity index (χ2v) is 3.57. The lowest BCUT2D eigenvalue weighted by atomic mass is 10.3. The maximum Gasteiger partial charge on any atom is 0.186 e. The zero-order chi connectivity index (χ0) is 11.7. The van der Waals surface area contributed by atoms with E-state index in [1.54, 1.807) is 12.4 Å². The number of aromatic amines is 1. The number of H-pyrrole nitrogens is 1. The molecule has 2 heterocycles. The highest BCUT2D eigenvalue weighted by Crippen LogP contribution is 2.19. The summed E-state index contributed by atoms with van der Waals surface area (Å²) >= 11 is 0. The highest BCUT2D eigenvalue weighted by Gasteiger charge is 2.10. The number of rotatable bonds is 2. The Morgan fingerprint density at radius 3 is 2.71 bits per heavy atom. The zero-order valence-electron chi connectivity index (χ0n) is 8.91. The van der Waals surface area contributed by atoms with Crippen molar-refractivity contribution in [1.29, 1.82) is 0 Å². The smallest absolute Gasteiger partial charge is 0.186 e. The molecule has 0 aliphatic carbocycles. The molecule has 0 radical (unpaired) electrons. The van der Waals surface area contributed by atoms with Gasteiger partial charge in [0.1, 0.15) is 17.8 Å². The maximum atomic E-state index is 5.57. The molecule has 6 nitrogen and oxygen atoms in total. The molecule has 84 valence electrons. The molecule has 3 aromatic rings. The minimum atomic E-state index is 0.433. The maximum absolute atomic E-state index is 5.57. The molecule has 0 unspecified atom stereocenters. The number of benzene rings is 1. The average molecular weight is 226 g/mol. The molecule has 1 aromatic carbocycles. The van der Waals surface area contributed by atoms with Gasteiger partial charge in [-0.25, -0.2) is 0 Å². The Kier molecular flexibility index (Phi) is 2.11. The quantitative estimate of drug-likeness (QED) is 0.688. The van der Waals surface area contributed by atoms with Gasteiger partial charge < -0.3 is 5.73 Å². The number of para-hydroxylation sites is 1. The molecule has 3 N–H and O–H groups in total. The van der Waals surface area contributed by atoms with Crippen molar-refractivity contribution in [3.8, 4) is 17.2 Å². The standard InChI is InChI=1S/C11H10N6/c12-10-6-9(14-15-10)11-16-13-7-17(11)8-4-2-1-3-5-8/h1-7H,(H3,12,14,15). The van der Waals surface area contributed by atoms with Gasteiger partial charge in [-0.2, -0.15) is 5.10 Å². The molecule has 0 fully saturated rings. The Morgan fingerprint density at radius 1 is 1.18 bits per heavy atom. The fourth-order valence-electron chi connectivity index (χ4n) is 1.65. The first-order valence-corrected chi connectivity index (χ1v) is 5.11. The van der Waals surface area contributed by atoms with Crippen LogP contribution in [0.2, 0.25) is 0 Å². The lowest BCUT2D eigenvalue weighted by Crippen LogP contribution is -1.95. The second kappa shape index (κ2) is 3.75. The molecular formula is C11H10N6. The number of nitrogens with one attached hydrogen (secondary N) is 1. The van der Waals surface area contributed by atoms with E-state index in [1.165, 1.54) is 0 Å². The number of hydrogen-bond acceptors (Lipinski definition) is 4. The van der Waals surface area contributed by atoms with Crippen molar-refractivity contribution < 1.29 is 0 Å². The minimum Gasteiger partial charge on any atom is -0.382 e. The zero-order valence-corrected chi connectivity index (χ0v) is 8.91. The first-order valence-electron chi connectivity index (χ1n) is 5.11. The topological polar surface area (TPSA) is 85.4 Å². The SMILES string of the molecule is Nc1cc(-c2nncn2-c2ccccc2)[nH]n1. The van der Waals surface area contributed by atoms with E-state index >= 15 is 0 Å². The van der Waals surface area contributed by atoms with Crippen LogP contribution in [0.4, 0.5) is 5.82 Å². The third kappa shape index (κ3) is 1.65. The Balaban J connectivity index is 2.12. The van der Waals surface area contributed by atoms with E-state index in [0.717, 1.165) is 11.4 Å². The van der Waals surface area contributed by atoms with Gasteiger partial charge in [-0.1, -0.05) is 18.2 Å². The average Bonchev–Trinajstić information content (AvgIpc) is 2.98. The second-order valence-electron chi connectivity index (χ2n) is 3.57. The molecule has 17 heavy (non-hydrogen) atoms. The van der Waals surface area contributed by atoms with Crippen molar-refractivity contribution in [3.05, 3.63) is 42.7 Å². The van der Waals surface area contributed by atoms with Crippen LogP contribution in [0.15, 0.2) is 42.7 Å². The van der Waals surface area contributed by atoms with Crippen molar-refractivity contribution in [1.82, 2.24) is 25.0 Å². The van der Waals surface area contributed by atoms with Crippen molar-refractivity contribution in [2.45, 2.75) is 0 Å². The number of anilines is 1. The van der Waals surface area contributed by atoms with Crippen LogP contribution in [0.5, 0.6) is 0 Å². The van der Waals surface area contributed by atoms with Gasteiger partial charge in [0.25, 0.3) is 0 Å². The molecule has 0 spiro atoms. The van der Waals surface area contributed by atoms with Crippen LogP contribution in [0, 0.1) is 0 Å². The van der Waals surface area contributed by atoms with Crippen LogP contribution in [-0.4, -0.2) is 25.0 Å². The van der Waals surface area contributed by atoms with Crippen molar-refractivity contribution in [2.24, 2.45) is 0 Å². The summed E-state index contributed by atoms with van der Waals surface area (Å²) in [7, 11) is 0. The number of aromatic nitrogens is 5. The summed E-state index contributed by atoms with van der Waals surface area (Å²) in [5, 5.41) is 14.7. The molecule has 0 saturated heterocycles. The molecular weight excluding hydrogens is 216 g/mol. The third-order valence-corrected chi connectivity index (χ3v) is 2.42. The fraction of sp³-hybridized carbons (Fsp3) is 0. The van der Waals surface area contributed by atoms with E-state index in [0.29, 0.717) is 11.6 Å². The number of nitrogens with two attached hydrogens (primary N) is 1. The van der Waals surface area contributed by atoms with Crippen LogP contribution in [0.3, 0.4) is 0 Å². The first-order chi connectivity index (χ1) is 8.34. The summed E-state index contributed by atoms with van der Waals surface area (Å²) in [6.45, 7) is 0. The van der Waals surface area contributed by atoms with Gasteiger partial charge in [-0.3, -0.25) is 9.67 Å². The Morgan fingerprint density at radius 2 is 2.00 bits per heavy atom. The minimum absolute atomic E-state index is 0.433. The van der Waals surface area contributed by atoms with Crippen LogP contribution < -0.4 is 5.73 Å². The Bertz CT molecular complexity index is 624. The van der Waals surface area contributed by atoms with Gasteiger partial charge in [0.2, 0.25) is 0 Å². The molecule has 0 aliphatic rings. The highest BCUT2D eigenvalue weighted by molar-refractivity contribution is 5.56. The van der Waals surface area contributed by atoms with Gasteiger partial charge in [0, 0.05) is 11.8 Å². The molecule has 0 atom stereocenters. The third-order valence-electron chi connectivity index (χ3n) is 2.42. The van der Waals surface area contributed by atoms with Crippen LogP contribution >= 0.6 is 0 Å². The molecule has 3 rings (SSSR count). The van der Waals surface area contributed by atoms with E-state index in [4.69, 9.17) is 5.73 Å². The fourth-order valence-corrected chi connectivity index (χ4v) is 1.65. The largest absolute Gasteiger partial charge is 0.382 e. The Labute approximate surface area is 97.1 Å². The normalized spacial score (nSPS) is 10.6. The summed E-state index contributed by atoms with van der Waals surface area (Å²) < 4.78 is 1.87. The molecule has 0 bridgehead atoms. The molecule has 0 saturated carbocycles. The summed E-state index contributed by atoms with van der Waals surface area (Å²) in [4.78, 5) is 0. The predicted molar refractivity (Wildman–Crippen MR) is 63.4 cm³/mol. The van der Waals surface area contributed by atoms with Crippen LogP contribution in [0.25, 0.3) is 17.2 Å². The van der Waals surface area contributed by atoms with E-state index < -0.39 is 0 Å². The van der Waals surface area contributed by atoms with E-state index in [2.05, 4.69) is 20.4 Å². The van der Waals surface area contributed by atoms with Crippen molar-refractivity contribution in [3.63, 3.8) is 0 Å². The van der Waals surface area contributed by atoms with E-state index in [-0.39, 0.29) is 0 Å². The van der Waals surface area contributed by atoms with Crippen molar-refractivity contribution in [2.75, 3.05) is 5.73 Å². The van der Waals surface area contributed by atoms with E-state index in [9.17, 15) is 0 Å². The van der Waals surface area contributed by atoms with Crippen molar-refractivity contribution >= 4 is 5.82 Å². The van der Waals surface area contributed by atoms with Gasteiger partial charge in [-0.15, -0.1) is 10.2 Å². The summed E-state index contributed by atoms with van der Waals surface area (Å²) in [5.41, 5.74) is 7.30. The van der Waals surface area contributed by atoms with Gasteiger partial charge in [0.15, 0.2) is 5.82 Å². The van der Waals surface area contributed by atoms with Crippen LogP contribution in [-0.2, 0) is 0 Å². The van der Waals surface area contributed by atoms with Gasteiger partial charge in [0.05, 0.1) is 0 Å². The lowest BCUT2D eigenvalue weighted by molar-refractivity contribution is 1.03. The number of hydrogen-bond donors (Lipinski definition) is 2. The highest BCUT2D eigenvalue weighted by atomic mass is 15.3. The number of nitrogen functional groups attached to an aromatic ring is 1. The van der Waals surface area contributed by atoms with Gasteiger partial charge in [-0.05, 0) is 12.1 Å². The van der Waals surface area contributed by atoms with Crippen LogP contribution in [0.1, 0.15) is 0 Å². The molecule has 6 heteroatoms. The molecule has 0 amide bonds. The lowest BCUT2D eigenvalue weighted by Gasteiger charge is -2.03. The summed E-state index contributed by atoms with van der Waals surface area (Å²) in [5.74, 6) is 1.11. The predicted octanol–water partition coefficient (Wildman–Crippen LogP) is 1.24.